The minimum absolute atomic E-state index is 0.0988. The molecule has 1 aromatic rings. The fourth-order valence-electron chi connectivity index (χ4n) is 1.86. The van der Waals surface area contributed by atoms with Crippen molar-refractivity contribution < 1.29 is 0 Å². The van der Waals surface area contributed by atoms with E-state index in [-0.39, 0.29) is 6.17 Å². The van der Waals surface area contributed by atoms with Crippen molar-refractivity contribution in [2.45, 2.75) is 19.0 Å². The van der Waals surface area contributed by atoms with Crippen molar-refractivity contribution >= 4 is 12.4 Å². The van der Waals surface area contributed by atoms with E-state index in [4.69, 9.17) is 5.73 Å². The Hall–Kier alpha value is -1.61. The molecule has 1 aliphatic rings. The average molecular weight is 229 g/mol. The molecule has 1 unspecified atom stereocenters. The monoisotopic (exact) mass is 229 g/mol. The summed E-state index contributed by atoms with van der Waals surface area (Å²) in [6, 6.07) is 10.3. The first-order valence-electron chi connectivity index (χ1n) is 6.09. The molecule has 0 saturated heterocycles. The molecular weight excluding hydrogens is 210 g/mol. The first-order valence-corrected chi connectivity index (χ1v) is 6.09. The second-order valence-electron chi connectivity index (χ2n) is 4.22. The van der Waals surface area contributed by atoms with E-state index >= 15 is 0 Å². The minimum Gasteiger partial charge on any atom is -0.346 e. The van der Waals surface area contributed by atoms with Crippen LogP contribution in [0.15, 0.2) is 41.4 Å². The van der Waals surface area contributed by atoms with Gasteiger partial charge in [-0.1, -0.05) is 42.5 Å². The van der Waals surface area contributed by atoms with Gasteiger partial charge in [-0.15, -0.1) is 0 Å². The van der Waals surface area contributed by atoms with Gasteiger partial charge in [0.1, 0.15) is 0 Å². The van der Waals surface area contributed by atoms with Gasteiger partial charge in [0.2, 0.25) is 0 Å². The van der Waals surface area contributed by atoms with Crippen molar-refractivity contribution in [1.29, 1.82) is 0 Å². The maximum Gasteiger partial charge on any atom is 0.0863 e. The lowest BCUT2D eigenvalue weighted by Gasteiger charge is -2.21. The van der Waals surface area contributed by atoms with Crippen LogP contribution in [0.4, 0.5) is 0 Å². The SMILES string of the molecule is NC(CC/C=C/c1ccccc1)N1C=NCC1. The lowest BCUT2D eigenvalue weighted by atomic mass is 10.1. The highest BCUT2D eigenvalue weighted by Gasteiger charge is 2.12. The van der Waals surface area contributed by atoms with Crippen LogP contribution in [0.1, 0.15) is 18.4 Å². The van der Waals surface area contributed by atoms with Crippen LogP contribution in [0.25, 0.3) is 6.08 Å². The molecule has 0 saturated carbocycles. The van der Waals surface area contributed by atoms with Crippen LogP contribution >= 0.6 is 0 Å². The Labute approximate surface area is 103 Å². The molecule has 0 bridgehead atoms. The Morgan fingerprint density at radius 1 is 1.35 bits per heavy atom. The van der Waals surface area contributed by atoms with Gasteiger partial charge in [0.05, 0.1) is 19.0 Å². The molecule has 0 amide bonds. The predicted molar refractivity (Wildman–Crippen MR) is 72.8 cm³/mol. The second-order valence-corrected chi connectivity index (χ2v) is 4.22. The predicted octanol–water partition coefficient (Wildman–Crippen LogP) is 2.11. The van der Waals surface area contributed by atoms with Gasteiger partial charge in [0.15, 0.2) is 0 Å². The highest BCUT2D eigenvalue weighted by molar-refractivity contribution is 5.57. The van der Waals surface area contributed by atoms with E-state index in [0.29, 0.717) is 0 Å². The van der Waals surface area contributed by atoms with Crippen molar-refractivity contribution in [2.24, 2.45) is 10.7 Å². The standard InChI is InChI=1S/C14H19N3/c15-14(17-11-10-16-12-17)9-5-4-8-13-6-2-1-3-7-13/h1-4,6-8,12,14H,5,9-11,15H2/b8-4+. The number of nitrogens with zero attached hydrogens (tertiary/aromatic N) is 2. The van der Waals surface area contributed by atoms with E-state index in [1.165, 1.54) is 5.56 Å². The molecule has 1 aliphatic heterocycles. The topological polar surface area (TPSA) is 41.6 Å². The van der Waals surface area contributed by atoms with E-state index < -0.39 is 0 Å². The van der Waals surface area contributed by atoms with Crippen LogP contribution in [0.2, 0.25) is 0 Å². The van der Waals surface area contributed by atoms with Crippen LogP contribution in [0.3, 0.4) is 0 Å². The molecule has 1 heterocycles. The molecule has 1 atom stereocenters. The number of benzene rings is 1. The summed E-state index contributed by atoms with van der Waals surface area (Å²) >= 11 is 0. The summed E-state index contributed by atoms with van der Waals surface area (Å²) in [7, 11) is 0. The number of nitrogens with two attached hydrogens (primary N) is 1. The highest BCUT2D eigenvalue weighted by Crippen LogP contribution is 2.06. The summed E-state index contributed by atoms with van der Waals surface area (Å²) < 4.78 is 0. The number of aliphatic imine (C=N–C) groups is 1. The fourth-order valence-corrected chi connectivity index (χ4v) is 1.86. The van der Waals surface area contributed by atoms with Gasteiger partial charge in [-0.2, -0.15) is 0 Å². The van der Waals surface area contributed by atoms with Crippen LogP contribution in [-0.4, -0.2) is 30.5 Å². The van der Waals surface area contributed by atoms with Gasteiger partial charge in [-0.25, -0.2) is 0 Å². The molecule has 0 fully saturated rings. The Kier molecular flexibility index (Phi) is 4.33. The Morgan fingerprint density at radius 2 is 2.18 bits per heavy atom. The average Bonchev–Trinajstić information content (AvgIpc) is 2.89. The fraction of sp³-hybridized carbons (Fsp3) is 0.357. The quantitative estimate of drug-likeness (QED) is 0.840. The first-order chi connectivity index (χ1) is 8.36. The third kappa shape index (κ3) is 3.71. The van der Waals surface area contributed by atoms with Crippen molar-refractivity contribution in [3.63, 3.8) is 0 Å². The summed E-state index contributed by atoms with van der Waals surface area (Å²) in [4.78, 5) is 6.27. The van der Waals surface area contributed by atoms with Gasteiger partial charge < -0.3 is 10.6 Å². The van der Waals surface area contributed by atoms with E-state index in [0.717, 1.165) is 25.9 Å². The van der Waals surface area contributed by atoms with Crippen LogP contribution in [0.5, 0.6) is 0 Å². The zero-order chi connectivity index (χ0) is 11.9. The Bertz CT molecular complexity index is 384. The molecule has 0 aliphatic carbocycles. The molecule has 17 heavy (non-hydrogen) atoms. The molecule has 90 valence electrons. The maximum absolute atomic E-state index is 6.06. The summed E-state index contributed by atoms with van der Waals surface area (Å²) in [6.07, 6.45) is 8.26. The van der Waals surface area contributed by atoms with E-state index in [9.17, 15) is 0 Å². The molecular formula is C14H19N3. The third-order valence-electron chi connectivity index (χ3n) is 2.88. The third-order valence-corrected chi connectivity index (χ3v) is 2.88. The molecule has 0 spiro atoms. The largest absolute Gasteiger partial charge is 0.346 e. The lowest BCUT2D eigenvalue weighted by molar-refractivity contribution is 0.335. The maximum atomic E-state index is 6.06. The van der Waals surface area contributed by atoms with Crippen molar-refractivity contribution in [1.82, 2.24) is 4.90 Å². The number of allylic oxidation sites excluding steroid dienone is 1. The number of rotatable bonds is 5. The number of hydrogen-bond donors (Lipinski definition) is 1. The molecule has 1 aromatic carbocycles. The van der Waals surface area contributed by atoms with Crippen LogP contribution in [-0.2, 0) is 0 Å². The van der Waals surface area contributed by atoms with Gasteiger partial charge in [-0.05, 0) is 18.4 Å². The van der Waals surface area contributed by atoms with Crippen molar-refractivity contribution in [3.8, 4) is 0 Å². The molecule has 0 aromatic heterocycles. The van der Waals surface area contributed by atoms with E-state index in [1.807, 2.05) is 24.5 Å². The van der Waals surface area contributed by atoms with E-state index in [1.54, 1.807) is 0 Å². The Morgan fingerprint density at radius 3 is 2.88 bits per heavy atom. The van der Waals surface area contributed by atoms with E-state index in [2.05, 4.69) is 34.2 Å². The van der Waals surface area contributed by atoms with Crippen LogP contribution in [0, 0.1) is 0 Å². The zero-order valence-electron chi connectivity index (χ0n) is 10.00. The molecule has 2 N–H and O–H groups in total. The van der Waals surface area contributed by atoms with Crippen LogP contribution < -0.4 is 5.73 Å². The highest BCUT2D eigenvalue weighted by atomic mass is 15.3. The summed E-state index contributed by atoms with van der Waals surface area (Å²) in [6.45, 7) is 1.84. The van der Waals surface area contributed by atoms with Gasteiger partial charge in [-0.3, -0.25) is 4.99 Å². The number of hydrogen-bond acceptors (Lipinski definition) is 3. The molecule has 3 nitrogen and oxygen atoms in total. The zero-order valence-corrected chi connectivity index (χ0v) is 10.00. The summed E-state index contributed by atoms with van der Waals surface area (Å²) in [5, 5.41) is 0. The van der Waals surface area contributed by atoms with Gasteiger partial charge in [0, 0.05) is 6.54 Å². The smallest absolute Gasteiger partial charge is 0.0863 e. The second kappa shape index (κ2) is 6.21. The minimum atomic E-state index is 0.0988. The molecule has 3 heteroatoms. The van der Waals surface area contributed by atoms with Crippen molar-refractivity contribution in [2.75, 3.05) is 13.1 Å². The molecule has 0 radical (unpaired) electrons. The lowest BCUT2D eigenvalue weighted by Crippen LogP contribution is -2.39. The van der Waals surface area contributed by atoms with Crippen molar-refractivity contribution in [3.05, 3.63) is 42.0 Å². The van der Waals surface area contributed by atoms with Gasteiger partial charge >= 0.3 is 0 Å². The summed E-state index contributed by atoms with van der Waals surface area (Å²) in [5.41, 5.74) is 7.30. The summed E-state index contributed by atoms with van der Waals surface area (Å²) in [5.74, 6) is 0. The van der Waals surface area contributed by atoms with Gasteiger partial charge in [0.25, 0.3) is 0 Å². The molecule has 2 rings (SSSR count). The normalized spacial score (nSPS) is 16.9. The Balaban J connectivity index is 1.72. The first kappa shape index (κ1) is 11.9.